The summed E-state index contributed by atoms with van der Waals surface area (Å²) in [6.45, 7) is 5.01. The lowest BCUT2D eigenvalue weighted by Gasteiger charge is -2.09. The number of rotatable bonds is 11. The number of hydrogen-bond donors (Lipinski definition) is 1. The lowest BCUT2D eigenvalue weighted by Crippen LogP contribution is -2.08. The van der Waals surface area contributed by atoms with Gasteiger partial charge in [-0.05, 0) is 48.0 Å². The number of amides is 1. The molecule has 0 saturated carbocycles. The molecule has 2 aromatic rings. The van der Waals surface area contributed by atoms with Crippen LogP contribution in [0.1, 0.15) is 5.56 Å². The third-order valence-corrected chi connectivity index (χ3v) is 3.65. The van der Waals surface area contributed by atoms with Crippen molar-refractivity contribution in [2.24, 2.45) is 0 Å². The van der Waals surface area contributed by atoms with Crippen LogP contribution in [0.2, 0.25) is 0 Å². The molecule has 0 aliphatic rings. The van der Waals surface area contributed by atoms with Crippen LogP contribution < -0.4 is 19.5 Å². The van der Waals surface area contributed by atoms with Gasteiger partial charge in [0.25, 0.3) is 0 Å². The summed E-state index contributed by atoms with van der Waals surface area (Å²) in [7, 11) is 3.19. The third-order valence-electron chi connectivity index (χ3n) is 3.65. The Morgan fingerprint density at radius 2 is 1.82 bits per heavy atom. The van der Waals surface area contributed by atoms with E-state index in [4.69, 9.17) is 18.9 Å². The Kier molecular flexibility index (Phi) is 8.62. The van der Waals surface area contributed by atoms with Crippen molar-refractivity contribution in [3.63, 3.8) is 0 Å². The van der Waals surface area contributed by atoms with E-state index < -0.39 is 0 Å². The van der Waals surface area contributed by atoms with E-state index in [0.717, 1.165) is 11.3 Å². The molecule has 0 aliphatic carbocycles. The first-order chi connectivity index (χ1) is 13.7. The first kappa shape index (κ1) is 21.1. The number of anilines is 1. The van der Waals surface area contributed by atoms with Crippen molar-refractivity contribution in [1.82, 2.24) is 0 Å². The van der Waals surface area contributed by atoms with E-state index in [-0.39, 0.29) is 5.91 Å². The second-order valence-corrected chi connectivity index (χ2v) is 5.70. The van der Waals surface area contributed by atoms with Gasteiger partial charge < -0.3 is 24.3 Å². The Hall–Kier alpha value is -3.25. The largest absolute Gasteiger partial charge is 0.493 e. The molecule has 0 bridgehead atoms. The fourth-order valence-corrected chi connectivity index (χ4v) is 2.29. The van der Waals surface area contributed by atoms with Crippen molar-refractivity contribution in [3.05, 3.63) is 66.8 Å². The molecule has 0 aliphatic heterocycles. The van der Waals surface area contributed by atoms with Crippen LogP contribution in [-0.4, -0.2) is 39.9 Å². The quantitative estimate of drug-likeness (QED) is 0.362. The van der Waals surface area contributed by atoms with Crippen LogP contribution in [0.15, 0.2) is 61.2 Å². The van der Waals surface area contributed by atoms with Crippen LogP contribution >= 0.6 is 0 Å². The van der Waals surface area contributed by atoms with E-state index in [1.165, 1.54) is 6.08 Å². The highest BCUT2D eigenvalue weighted by atomic mass is 16.5. The second-order valence-electron chi connectivity index (χ2n) is 5.70. The second kappa shape index (κ2) is 11.5. The van der Waals surface area contributed by atoms with Gasteiger partial charge in [-0.2, -0.15) is 0 Å². The molecule has 2 aromatic carbocycles. The van der Waals surface area contributed by atoms with Crippen molar-refractivity contribution in [2.75, 3.05) is 39.4 Å². The maximum atomic E-state index is 12.1. The first-order valence-corrected chi connectivity index (χ1v) is 8.79. The monoisotopic (exact) mass is 383 g/mol. The number of benzene rings is 2. The molecule has 0 fully saturated rings. The molecule has 0 heterocycles. The van der Waals surface area contributed by atoms with E-state index in [0.29, 0.717) is 37.0 Å². The summed E-state index contributed by atoms with van der Waals surface area (Å²) in [6, 6.07) is 12.6. The maximum Gasteiger partial charge on any atom is 0.248 e. The van der Waals surface area contributed by atoms with E-state index in [1.807, 2.05) is 6.07 Å². The summed E-state index contributed by atoms with van der Waals surface area (Å²) in [4.78, 5) is 12.1. The molecule has 0 atom stereocenters. The van der Waals surface area contributed by atoms with Crippen LogP contribution in [0.4, 0.5) is 5.69 Å². The summed E-state index contributed by atoms with van der Waals surface area (Å²) in [5, 5.41) is 2.80. The summed E-state index contributed by atoms with van der Waals surface area (Å²) >= 11 is 0. The Morgan fingerprint density at radius 3 is 2.50 bits per heavy atom. The molecule has 0 unspecified atom stereocenters. The van der Waals surface area contributed by atoms with Gasteiger partial charge in [-0.15, -0.1) is 0 Å². The van der Waals surface area contributed by atoms with Crippen molar-refractivity contribution < 1.29 is 23.7 Å². The maximum absolute atomic E-state index is 12.1. The van der Waals surface area contributed by atoms with E-state index >= 15 is 0 Å². The van der Waals surface area contributed by atoms with Crippen molar-refractivity contribution in [1.29, 1.82) is 0 Å². The van der Waals surface area contributed by atoms with Crippen molar-refractivity contribution >= 4 is 17.7 Å². The fourth-order valence-electron chi connectivity index (χ4n) is 2.29. The molecule has 1 amide bonds. The predicted octanol–water partition coefficient (Wildman–Crippen LogP) is 3.94. The van der Waals surface area contributed by atoms with Crippen LogP contribution in [0.25, 0.3) is 6.08 Å². The number of nitrogens with one attached hydrogen (secondary N) is 1. The van der Waals surface area contributed by atoms with Gasteiger partial charge in [0.15, 0.2) is 11.5 Å². The van der Waals surface area contributed by atoms with Crippen LogP contribution in [0.3, 0.4) is 0 Å². The normalized spacial score (nSPS) is 10.5. The molecule has 0 spiro atoms. The minimum Gasteiger partial charge on any atom is -0.493 e. The van der Waals surface area contributed by atoms with E-state index in [9.17, 15) is 4.79 Å². The minimum absolute atomic E-state index is 0.237. The molecule has 0 aromatic heterocycles. The molecule has 1 N–H and O–H groups in total. The topological polar surface area (TPSA) is 66.0 Å². The number of carbonyl (C=O) groups is 1. The van der Waals surface area contributed by atoms with E-state index in [1.54, 1.807) is 62.8 Å². The van der Waals surface area contributed by atoms with Crippen LogP contribution in [0, 0.1) is 0 Å². The van der Waals surface area contributed by atoms with Gasteiger partial charge in [0.05, 0.1) is 13.7 Å². The predicted molar refractivity (Wildman–Crippen MR) is 110 cm³/mol. The number of carbonyl (C=O) groups excluding carboxylic acids is 1. The van der Waals surface area contributed by atoms with Crippen molar-refractivity contribution in [3.8, 4) is 17.2 Å². The van der Waals surface area contributed by atoms with Crippen LogP contribution in [-0.2, 0) is 9.53 Å². The van der Waals surface area contributed by atoms with E-state index in [2.05, 4.69) is 11.9 Å². The smallest absolute Gasteiger partial charge is 0.248 e. The third kappa shape index (κ3) is 6.81. The highest BCUT2D eigenvalue weighted by molar-refractivity contribution is 6.01. The Bertz CT molecular complexity index is 799. The van der Waals surface area contributed by atoms with Gasteiger partial charge >= 0.3 is 0 Å². The SMILES string of the molecule is C=CCOc1ccc(/C=C/C(=O)Nc2ccc(OCCOC)cc2)cc1OC. The number of methoxy groups -OCH3 is 2. The van der Waals surface area contributed by atoms with Crippen LogP contribution in [0.5, 0.6) is 17.2 Å². The molecule has 6 heteroatoms. The Labute approximate surface area is 165 Å². The fraction of sp³-hybridized carbons (Fsp3) is 0.227. The first-order valence-electron chi connectivity index (χ1n) is 8.79. The zero-order valence-corrected chi connectivity index (χ0v) is 16.1. The van der Waals surface area contributed by atoms with Gasteiger partial charge in [0.2, 0.25) is 5.91 Å². The molecule has 0 saturated heterocycles. The molecule has 0 radical (unpaired) electrons. The Balaban J connectivity index is 1.93. The van der Waals surface area contributed by atoms with Gasteiger partial charge in [0.1, 0.15) is 19.0 Å². The van der Waals surface area contributed by atoms with Gasteiger partial charge in [-0.3, -0.25) is 4.79 Å². The zero-order chi connectivity index (χ0) is 20.2. The van der Waals surface area contributed by atoms with Crippen molar-refractivity contribution in [2.45, 2.75) is 0 Å². The Morgan fingerprint density at radius 1 is 1.04 bits per heavy atom. The summed E-state index contributed by atoms with van der Waals surface area (Å²) in [5.74, 6) is 1.70. The standard InChI is InChI=1S/C22H25NO5/c1-4-13-28-20-11-5-17(16-21(20)26-3)6-12-22(24)23-18-7-9-19(10-8-18)27-15-14-25-2/h4-12,16H,1,13-15H2,2-3H3,(H,23,24)/b12-6+. The molecular weight excluding hydrogens is 358 g/mol. The van der Waals surface area contributed by atoms with Gasteiger partial charge in [0, 0.05) is 18.9 Å². The number of hydrogen-bond acceptors (Lipinski definition) is 5. The molecule has 6 nitrogen and oxygen atoms in total. The van der Waals surface area contributed by atoms with Gasteiger partial charge in [-0.25, -0.2) is 0 Å². The lowest BCUT2D eigenvalue weighted by molar-refractivity contribution is -0.111. The molecule has 28 heavy (non-hydrogen) atoms. The summed E-state index contributed by atoms with van der Waals surface area (Å²) in [5.41, 5.74) is 1.50. The average Bonchev–Trinajstić information content (AvgIpc) is 2.72. The summed E-state index contributed by atoms with van der Waals surface area (Å²) in [6.07, 6.45) is 4.83. The number of ether oxygens (including phenoxy) is 4. The highest BCUT2D eigenvalue weighted by Gasteiger charge is 2.05. The molecule has 148 valence electrons. The van der Waals surface area contributed by atoms with Gasteiger partial charge in [-0.1, -0.05) is 18.7 Å². The average molecular weight is 383 g/mol. The zero-order valence-electron chi connectivity index (χ0n) is 16.1. The molecule has 2 rings (SSSR count). The minimum atomic E-state index is -0.237. The highest BCUT2D eigenvalue weighted by Crippen LogP contribution is 2.28. The summed E-state index contributed by atoms with van der Waals surface area (Å²) < 4.78 is 21.3. The molecular formula is C22H25NO5. The lowest BCUT2D eigenvalue weighted by atomic mass is 10.2.